The highest BCUT2D eigenvalue weighted by Crippen LogP contribution is 2.20. The van der Waals surface area contributed by atoms with Gasteiger partial charge in [0.05, 0.1) is 0 Å². The normalized spacial score (nSPS) is 13.3. The molecular formula is C13H18N2. The number of hydrogen-bond donors (Lipinski definition) is 2. The van der Waals surface area contributed by atoms with Crippen molar-refractivity contribution in [3.63, 3.8) is 0 Å². The molecule has 1 aromatic heterocycles. The molecule has 80 valence electrons. The van der Waals surface area contributed by atoms with Crippen molar-refractivity contribution < 1.29 is 0 Å². The van der Waals surface area contributed by atoms with Gasteiger partial charge in [0.25, 0.3) is 0 Å². The molecule has 2 aromatic rings. The molecule has 0 aliphatic carbocycles. The fraction of sp³-hybridized carbons (Fsp3) is 0.385. The van der Waals surface area contributed by atoms with Crippen LogP contribution in [0.3, 0.4) is 0 Å². The summed E-state index contributed by atoms with van der Waals surface area (Å²) in [5.74, 6) is 0.540. The second kappa shape index (κ2) is 4.07. The monoisotopic (exact) mass is 202 g/mol. The Kier molecular flexibility index (Phi) is 2.78. The van der Waals surface area contributed by atoms with E-state index in [1.54, 1.807) is 0 Å². The van der Waals surface area contributed by atoms with E-state index in [1.165, 1.54) is 22.2 Å². The second-order valence-corrected chi connectivity index (χ2v) is 4.38. The number of aryl methyl sites for hydroxylation is 1. The SMILES string of the molecule is Cc1cccc2cc(CC(C)CN)[nH]c12. The number of fused-ring (bicyclic) bond motifs is 1. The maximum Gasteiger partial charge on any atom is 0.0485 e. The number of hydrogen-bond acceptors (Lipinski definition) is 1. The zero-order valence-corrected chi connectivity index (χ0v) is 9.38. The summed E-state index contributed by atoms with van der Waals surface area (Å²) in [6, 6.07) is 8.61. The van der Waals surface area contributed by atoms with Gasteiger partial charge in [0, 0.05) is 11.2 Å². The predicted octanol–water partition coefficient (Wildman–Crippen LogP) is 2.61. The summed E-state index contributed by atoms with van der Waals surface area (Å²) in [6.07, 6.45) is 1.03. The summed E-state index contributed by atoms with van der Waals surface area (Å²) < 4.78 is 0. The highest BCUT2D eigenvalue weighted by atomic mass is 14.7. The van der Waals surface area contributed by atoms with Gasteiger partial charge in [-0.2, -0.15) is 0 Å². The average molecular weight is 202 g/mol. The summed E-state index contributed by atoms with van der Waals surface area (Å²) in [5, 5.41) is 1.30. The Balaban J connectivity index is 2.35. The Morgan fingerprint density at radius 3 is 2.87 bits per heavy atom. The molecule has 2 rings (SSSR count). The van der Waals surface area contributed by atoms with E-state index in [-0.39, 0.29) is 0 Å². The molecule has 0 amide bonds. The number of rotatable bonds is 3. The molecule has 0 fully saturated rings. The number of aromatic nitrogens is 1. The van der Waals surface area contributed by atoms with Crippen molar-refractivity contribution in [2.24, 2.45) is 11.7 Å². The van der Waals surface area contributed by atoms with Crippen molar-refractivity contribution in [1.29, 1.82) is 0 Å². The van der Waals surface area contributed by atoms with Gasteiger partial charge in [0.15, 0.2) is 0 Å². The lowest BCUT2D eigenvalue weighted by molar-refractivity contribution is 0.586. The van der Waals surface area contributed by atoms with Crippen molar-refractivity contribution in [2.75, 3.05) is 6.54 Å². The molecule has 3 N–H and O–H groups in total. The summed E-state index contributed by atoms with van der Waals surface area (Å²) >= 11 is 0. The number of benzene rings is 1. The molecule has 1 unspecified atom stereocenters. The topological polar surface area (TPSA) is 41.8 Å². The third-order valence-corrected chi connectivity index (χ3v) is 2.89. The Hall–Kier alpha value is -1.28. The van der Waals surface area contributed by atoms with Crippen molar-refractivity contribution in [1.82, 2.24) is 4.98 Å². The molecule has 0 aliphatic heterocycles. The number of aromatic amines is 1. The Bertz CT molecular complexity index is 457. The van der Waals surface area contributed by atoms with Gasteiger partial charge in [-0.3, -0.25) is 0 Å². The first-order valence-electron chi connectivity index (χ1n) is 5.48. The maximum absolute atomic E-state index is 5.63. The van der Waals surface area contributed by atoms with Gasteiger partial charge in [-0.1, -0.05) is 25.1 Å². The van der Waals surface area contributed by atoms with Crippen LogP contribution in [-0.2, 0) is 6.42 Å². The van der Waals surface area contributed by atoms with E-state index in [4.69, 9.17) is 5.73 Å². The van der Waals surface area contributed by atoms with Gasteiger partial charge in [-0.05, 0) is 42.8 Å². The summed E-state index contributed by atoms with van der Waals surface area (Å²) in [4.78, 5) is 3.47. The maximum atomic E-state index is 5.63. The van der Waals surface area contributed by atoms with Crippen LogP contribution in [0, 0.1) is 12.8 Å². The fourth-order valence-corrected chi connectivity index (χ4v) is 1.93. The molecule has 0 aliphatic rings. The van der Waals surface area contributed by atoms with Gasteiger partial charge < -0.3 is 10.7 Å². The van der Waals surface area contributed by atoms with Gasteiger partial charge in [0.2, 0.25) is 0 Å². The zero-order valence-electron chi connectivity index (χ0n) is 9.38. The number of H-pyrrole nitrogens is 1. The highest BCUT2D eigenvalue weighted by Gasteiger charge is 2.05. The molecule has 0 saturated heterocycles. The lowest BCUT2D eigenvalue weighted by Crippen LogP contribution is -2.13. The van der Waals surface area contributed by atoms with E-state index >= 15 is 0 Å². The van der Waals surface area contributed by atoms with Crippen LogP contribution in [0.2, 0.25) is 0 Å². The minimum absolute atomic E-state index is 0.540. The van der Waals surface area contributed by atoms with Crippen molar-refractivity contribution in [3.05, 3.63) is 35.5 Å². The summed E-state index contributed by atoms with van der Waals surface area (Å²) in [6.45, 7) is 5.06. The van der Waals surface area contributed by atoms with E-state index in [0.717, 1.165) is 13.0 Å². The van der Waals surface area contributed by atoms with E-state index in [1.807, 2.05) is 0 Å². The van der Waals surface area contributed by atoms with Gasteiger partial charge >= 0.3 is 0 Å². The van der Waals surface area contributed by atoms with E-state index < -0.39 is 0 Å². The molecule has 15 heavy (non-hydrogen) atoms. The molecule has 1 atom stereocenters. The van der Waals surface area contributed by atoms with Crippen molar-refractivity contribution in [2.45, 2.75) is 20.3 Å². The van der Waals surface area contributed by atoms with Crippen LogP contribution < -0.4 is 5.73 Å². The smallest absolute Gasteiger partial charge is 0.0485 e. The third kappa shape index (κ3) is 2.05. The van der Waals surface area contributed by atoms with Crippen LogP contribution in [0.15, 0.2) is 24.3 Å². The lowest BCUT2D eigenvalue weighted by Gasteiger charge is -2.05. The quantitative estimate of drug-likeness (QED) is 0.789. The van der Waals surface area contributed by atoms with Gasteiger partial charge in [-0.25, -0.2) is 0 Å². The molecule has 0 spiro atoms. The highest BCUT2D eigenvalue weighted by molar-refractivity contribution is 5.83. The standard InChI is InChI=1S/C13H18N2/c1-9(8-14)6-12-7-11-5-3-4-10(2)13(11)15-12/h3-5,7,9,15H,6,8,14H2,1-2H3. The Morgan fingerprint density at radius 1 is 1.40 bits per heavy atom. The molecule has 0 bridgehead atoms. The largest absolute Gasteiger partial charge is 0.358 e. The number of nitrogens with one attached hydrogen (secondary N) is 1. The third-order valence-electron chi connectivity index (χ3n) is 2.89. The zero-order chi connectivity index (χ0) is 10.8. The van der Waals surface area contributed by atoms with Gasteiger partial charge in [0.1, 0.15) is 0 Å². The van der Waals surface area contributed by atoms with Crippen LogP contribution in [0.1, 0.15) is 18.2 Å². The number of para-hydroxylation sites is 1. The summed E-state index contributed by atoms with van der Waals surface area (Å²) in [7, 11) is 0. The van der Waals surface area contributed by atoms with Crippen LogP contribution >= 0.6 is 0 Å². The lowest BCUT2D eigenvalue weighted by atomic mass is 10.1. The molecule has 2 nitrogen and oxygen atoms in total. The first-order valence-corrected chi connectivity index (χ1v) is 5.48. The molecule has 1 aromatic carbocycles. The van der Waals surface area contributed by atoms with Crippen molar-refractivity contribution >= 4 is 10.9 Å². The van der Waals surface area contributed by atoms with Crippen LogP contribution in [0.5, 0.6) is 0 Å². The predicted molar refractivity (Wildman–Crippen MR) is 65.0 cm³/mol. The van der Waals surface area contributed by atoms with Crippen LogP contribution in [-0.4, -0.2) is 11.5 Å². The van der Waals surface area contributed by atoms with Crippen molar-refractivity contribution in [3.8, 4) is 0 Å². The minimum Gasteiger partial charge on any atom is -0.358 e. The average Bonchev–Trinajstić information content (AvgIpc) is 2.62. The molecule has 0 saturated carbocycles. The Labute approximate surface area is 90.5 Å². The van der Waals surface area contributed by atoms with E-state index in [9.17, 15) is 0 Å². The molecule has 1 heterocycles. The first-order chi connectivity index (χ1) is 7.20. The van der Waals surface area contributed by atoms with Gasteiger partial charge in [-0.15, -0.1) is 0 Å². The fourth-order valence-electron chi connectivity index (χ4n) is 1.93. The molecule has 2 heteroatoms. The Morgan fingerprint density at radius 2 is 2.20 bits per heavy atom. The van der Waals surface area contributed by atoms with Crippen LogP contribution in [0.25, 0.3) is 10.9 Å². The molecule has 0 radical (unpaired) electrons. The minimum atomic E-state index is 0.540. The number of nitrogens with two attached hydrogens (primary N) is 1. The van der Waals surface area contributed by atoms with E-state index in [0.29, 0.717) is 5.92 Å². The second-order valence-electron chi connectivity index (χ2n) is 4.38. The molecular weight excluding hydrogens is 184 g/mol. The van der Waals surface area contributed by atoms with Crippen LogP contribution in [0.4, 0.5) is 0 Å². The first kappa shape index (κ1) is 10.2. The van der Waals surface area contributed by atoms with E-state index in [2.05, 4.69) is 43.1 Å². The summed E-state index contributed by atoms with van der Waals surface area (Å²) in [5.41, 5.74) is 9.48.